The number of ether oxygens (including phenoxy) is 1. The summed E-state index contributed by atoms with van der Waals surface area (Å²) in [7, 11) is 1.70. The molecule has 3 nitrogen and oxygen atoms in total. The smallest absolute Gasteiger partial charge is 0.224 e. The topological polar surface area (TPSA) is 38.3 Å². The van der Waals surface area contributed by atoms with Gasteiger partial charge in [-0.1, -0.05) is 6.07 Å². The minimum atomic E-state index is 0.158. The molecule has 3 heteroatoms. The van der Waals surface area contributed by atoms with Crippen molar-refractivity contribution in [1.82, 2.24) is 5.32 Å². The number of methoxy groups -OCH3 is 1. The van der Waals surface area contributed by atoms with E-state index in [1.807, 2.05) is 6.07 Å². The van der Waals surface area contributed by atoms with Crippen LogP contribution >= 0.6 is 0 Å². The Kier molecular flexibility index (Phi) is 2.82. The van der Waals surface area contributed by atoms with E-state index in [0.717, 1.165) is 37.1 Å². The highest BCUT2D eigenvalue weighted by molar-refractivity contribution is 5.87. The molecule has 3 rings (SSSR count). The van der Waals surface area contributed by atoms with E-state index in [4.69, 9.17) is 4.74 Å². The van der Waals surface area contributed by atoms with E-state index in [1.165, 1.54) is 16.7 Å². The molecule has 18 heavy (non-hydrogen) atoms. The number of amides is 1. The number of benzene rings is 1. The number of fused-ring (bicyclic) bond motifs is 2. The fourth-order valence-corrected chi connectivity index (χ4v) is 2.86. The van der Waals surface area contributed by atoms with E-state index in [9.17, 15) is 4.79 Å². The fourth-order valence-electron chi connectivity index (χ4n) is 2.86. The Balaban J connectivity index is 2.08. The Bertz CT molecular complexity index is 531. The van der Waals surface area contributed by atoms with Crippen molar-refractivity contribution in [3.05, 3.63) is 35.0 Å². The van der Waals surface area contributed by atoms with Crippen molar-refractivity contribution in [2.24, 2.45) is 0 Å². The van der Waals surface area contributed by atoms with Crippen LogP contribution in [0.2, 0.25) is 0 Å². The number of aryl methyl sites for hydroxylation is 1. The molecule has 1 aromatic rings. The molecule has 1 aromatic carbocycles. The van der Waals surface area contributed by atoms with Crippen LogP contribution in [0.5, 0.6) is 5.75 Å². The lowest BCUT2D eigenvalue weighted by Crippen LogP contribution is -2.27. The predicted octanol–water partition coefficient (Wildman–Crippen LogP) is 2.65. The van der Waals surface area contributed by atoms with Crippen LogP contribution in [0, 0.1) is 0 Å². The lowest BCUT2D eigenvalue weighted by molar-refractivity contribution is -0.120. The number of allylic oxidation sites excluding steroid dienone is 2. The van der Waals surface area contributed by atoms with Gasteiger partial charge in [-0.3, -0.25) is 4.79 Å². The molecular weight excluding hydrogens is 226 g/mol. The van der Waals surface area contributed by atoms with Gasteiger partial charge in [0.2, 0.25) is 5.91 Å². The predicted molar refractivity (Wildman–Crippen MR) is 70.2 cm³/mol. The molecule has 0 saturated carbocycles. The molecule has 1 amide bonds. The van der Waals surface area contributed by atoms with Gasteiger partial charge in [0.15, 0.2) is 0 Å². The summed E-state index contributed by atoms with van der Waals surface area (Å²) >= 11 is 0. The standard InChI is InChI=1S/C15H17NO2/c1-18-11-5-6-12-10(9-11)3-2-4-14-13(12)7-8-15(17)16-14/h5-6,9H,2-4,7-8H2,1H3,(H,16,17). The molecule has 0 saturated heterocycles. The molecule has 0 radical (unpaired) electrons. The van der Waals surface area contributed by atoms with Crippen LogP contribution in [0.1, 0.15) is 36.8 Å². The van der Waals surface area contributed by atoms with Crippen molar-refractivity contribution in [3.8, 4) is 5.75 Å². The molecule has 94 valence electrons. The highest BCUT2D eigenvalue weighted by Crippen LogP contribution is 2.35. The first-order valence-electron chi connectivity index (χ1n) is 6.47. The molecule has 0 spiro atoms. The van der Waals surface area contributed by atoms with Crippen LogP contribution in [0.25, 0.3) is 5.57 Å². The number of hydrogen-bond acceptors (Lipinski definition) is 2. The van der Waals surface area contributed by atoms with E-state index in [1.54, 1.807) is 7.11 Å². The van der Waals surface area contributed by atoms with Gasteiger partial charge < -0.3 is 10.1 Å². The van der Waals surface area contributed by atoms with Gasteiger partial charge in [-0.05, 0) is 54.5 Å². The van der Waals surface area contributed by atoms with Crippen LogP contribution in [0.15, 0.2) is 23.9 Å². The summed E-state index contributed by atoms with van der Waals surface area (Å²) in [5.74, 6) is 1.07. The Hall–Kier alpha value is -1.77. The molecule has 0 unspecified atom stereocenters. The lowest BCUT2D eigenvalue weighted by atomic mass is 9.93. The van der Waals surface area contributed by atoms with Crippen LogP contribution in [-0.4, -0.2) is 13.0 Å². The maximum absolute atomic E-state index is 11.5. The SMILES string of the molecule is COc1ccc2c(c1)CCCC1=C2CCC(=O)N1. The maximum Gasteiger partial charge on any atom is 0.224 e. The molecule has 1 aliphatic heterocycles. The van der Waals surface area contributed by atoms with Crippen molar-refractivity contribution in [2.45, 2.75) is 32.1 Å². The number of nitrogens with one attached hydrogen (secondary N) is 1. The third-order valence-corrected chi connectivity index (χ3v) is 3.77. The average Bonchev–Trinajstić information content (AvgIpc) is 2.56. The van der Waals surface area contributed by atoms with Crippen molar-refractivity contribution >= 4 is 11.5 Å². The van der Waals surface area contributed by atoms with Crippen LogP contribution < -0.4 is 10.1 Å². The van der Waals surface area contributed by atoms with Gasteiger partial charge >= 0.3 is 0 Å². The van der Waals surface area contributed by atoms with Crippen LogP contribution in [0.4, 0.5) is 0 Å². The van der Waals surface area contributed by atoms with Gasteiger partial charge in [0.25, 0.3) is 0 Å². The molecular formula is C15H17NO2. The second-order valence-corrected chi connectivity index (χ2v) is 4.88. The minimum Gasteiger partial charge on any atom is -0.497 e. The first-order chi connectivity index (χ1) is 8.78. The van der Waals surface area contributed by atoms with E-state index in [-0.39, 0.29) is 5.91 Å². The number of carbonyl (C=O) groups excluding carboxylic acids is 1. The van der Waals surface area contributed by atoms with E-state index < -0.39 is 0 Å². The van der Waals surface area contributed by atoms with E-state index in [0.29, 0.717) is 6.42 Å². The molecule has 1 heterocycles. The van der Waals surface area contributed by atoms with Crippen molar-refractivity contribution < 1.29 is 9.53 Å². The zero-order valence-electron chi connectivity index (χ0n) is 10.6. The highest BCUT2D eigenvalue weighted by Gasteiger charge is 2.23. The first-order valence-corrected chi connectivity index (χ1v) is 6.47. The molecule has 0 bridgehead atoms. The zero-order valence-corrected chi connectivity index (χ0v) is 10.6. The van der Waals surface area contributed by atoms with Crippen molar-refractivity contribution in [1.29, 1.82) is 0 Å². The Morgan fingerprint density at radius 2 is 2.06 bits per heavy atom. The largest absolute Gasteiger partial charge is 0.497 e. The Morgan fingerprint density at radius 3 is 2.89 bits per heavy atom. The zero-order chi connectivity index (χ0) is 12.5. The minimum absolute atomic E-state index is 0.158. The summed E-state index contributed by atoms with van der Waals surface area (Å²) in [6.45, 7) is 0. The molecule has 0 aromatic heterocycles. The van der Waals surface area contributed by atoms with Crippen molar-refractivity contribution in [3.63, 3.8) is 0 Å². The third kappa shape index (κ3) is 1.90. The summed E-state index contributed by atoms with van der Waals surface area (Å²) in [5.41, 5.74) is 5.10. The summed E-state index contributed by atoms with van der Waals surface area (Å²) in [4.78, 5) is 11.5. The molecule has 0 atom stereocenters. The quantitative estimate of drug-likeness (QED) is 0.823. The Labute approximate surface area is 107 Å². The van der Waals surface area contributed by atoms with Gasteiger partial charge in [0.1, 0.15) is 5.75 Å². The summed E-state index contributed by atoms with van der Waals surface area (Å²) in [6.07, 6.45) is 4.57. The molecule has 1 aliphatic carbocycles. The monoisotopic (exact) mass is 243 g/mol. The Morgan fingerprint density at radius 1 is 1.17 bits per heavy atom. The summed E-state index contributed by atoms with van der Waals surface area (Å²) in [6, 6.07) is 6.26. The lowest BCUT2D eigenvalue weighted by Gasteiger charge is -2.20. The van der Waals surface area contributed by atoms with Gasteiger partial charge in [-0.2, -0.15) is 0 Å². The number of rotatable bonds is 1. The van der Waals surface area contributed by atoms with Crippen LogP contribution in [-0.2, 0) is 11.2 Å². The van der Waals surface area contributed by atoms with E-state index in [2.05, 4.69) is 17.4 Å². The van der Waals surface area contributed by atoms with Crippen molar-refractivity contribution in [2.75, 3.05) is 7.11 Å². The molecule has 1 N–H and O–H groups in total. The van der Waals surface area contributed by atoms with Crippen LogP contribution in [0.3, 0.4) is 0 Å². The maximum atomic E-state index is 11.5. The van der Waals surface area contributed by atoms with Gasteiger partial charge in [-0.15, -0.1) is 0 Å². The third-order valence-electron chi connectivity index (χ3n) is 3.77. The molecule has 0 fully saturated rings. The van der Waals surface area contributed by atoms with Gasteiger partial charge in [-0.25, -0.2) is 0 Å². The molecule has 2 aliphatic rings. The van der Waals surface area contributed by atoms with E-state index >= 15 is 0 Å². The van der Waals surface area contributed by atoms with Gasteiger partial charge in [0.05, 0.1) is 7.11 Å². The number of hydrogen-bond donors (Lipinski definition) is 1. The number of carbonyl (C=O) groups is 1. The second kappa shape index (κ2) is 4.48. The first kappa shape index (κ1) is 11.3. The highest BCUT2D eigenvalue weighted by atomic mass is 16.5. The average molecular weight is 243 g/mol. The van der Waals surface area contributed by atoms with Gasteiger partial charge in [0, 0.05) is 12.1 Å². The summed E-state index contributed by atoms with van der Waals surface area (Å²) < 4.78 is 5.29. The normalized spacial score (nSPS) is 18.6. The summed E-state index contributed by atoms with van der Waals surface area (Å²) in [5, 5.41) is 3.04. The second-order valence-electron chi connectivity index (χ2n) is 4.88. The fraction of sp³-hybridized carbons (Fsp3) is 0.400.